The van der Waals surface area contributed by atoms with Gasteiger partial charge in [0.05, 0.1) is 27.9 Å². The molecule has 0 fully saturated rings. The Hall–Kier alpha value is -7.24. The van der Waals surface area contributed by atoms with Crippen molar-refractivity contribution >= 4 is 50.0 Å². The Balaban J connectivity index is 1.15. The molecule has 0 atom stereocenters. The van der Waals surface area contributed by atoms with E-state index in [1.54, 1.807) is 0 Å². The van der Waals surface area contributed by atoms with Crippen LogP contribution in [0.3, 0.4) is 0 Å². The van der Waals surface area contributed by atoms with Gasteiger partial charge < -0.3 is 4.98 Å². The fraction of sp³-hybridized carbons (Fsp3) is 0.127. The number of imidazole rings is 1. The number of hydrogen-bond donors (Lipinski definition) is 1. The minimum atomic E-state index is -0.245. The van der Waals surface area contributed by atoms with Crippen molar-refractivity contribution in [2.75, 3.05) is 4.90 Å². The summed E-state index contributed by atoms with van der Waals surface area (Å²) in [5.74, 6) is 1.79. The molecule has 0 saturated heterocycles. The van der Waals surface area contributed by atoms with Crippen molar-refractivity contribution in [1.29, 1.82) is 0 Å². The molecule has 0 bridgehead atoms. The van der Waals surface area contributed by atoms with Crippen LogP contribution in [0.2, 0.25) is 0 Å². The normalized spacial score (nSPS) is 13.3. The van der Waals surface area contributed by atoms with Gasteiger partial charge in [-0.1, -0.05) is 110 Å². The Kier molecular flexibility index (Phi) is 8.01. The molecule has 60 heavy (non-hydrogen) atoms. The first-order chi connectivity index (χ1) is 29.2. The predicted molar refractivity (Wildman–Crippen MR) is 250 cm³/mol. The zero-order valence-corrected chi connectivity index (χ0v) is 34.8. The molecule has 1 aliphatic rings. The number of benzene rings is 7. The summed E-state index contributed by atoms with van der Waals surface area (Å²) in [6.07, 6.45) is 1.96. The number of fused-ring (bicyclic) bond motifs is 6. The first-order valence-corrected chi connectivity index (χ1v) is 20.8. The van der Waals surface area contributed by atoms with Gasteiger partial charge in [0.15, 0.2) is 0 Å². The number of nitrogens with zero attached hydrogens (tertiary/aromatic N) is 4. The molecule has 1 N–H and O–H groups in total. The molecule has 0 spiro atoms. The quantitative estimate of drug-likeness (QED) is 0.189. The third kappa shape index (κ3) is 5.46. The first kappa shape index (κ1) is 35.9. The molecule has 0 aliphatic carbocycles. The van der Waals surface area contributed by atoms with Gasteiger partial charge in [-0.2, -0.15) is 0 Å². The van der Waals surface area contributed by atoms with E-state index >= 15 is 0 Å². The van der Waals surface area contributed by atoms with Crippen molar-refractivity contribution < 1.29 is 0 Å². The third-order valence-corrected chi connectivity index (χ3v) is 12.7. The molecule has 11 rings (SSSR count). The van der Waals surface area contributed by atoms with Crippen molar-refractivity contribution in [2.24, 2.45) is 0 Å². The maximum atomic E-state index is 5.64. The lowest BCUT2D eigenvalue weighted by molar-refractivity contribution is 0.631. The first-order valence-electron chi connectivity index (χ1n) is 20.8. The summed E-state index contributed by atoms with van der Waals surface area (Å²) >= 11 is 0. The number of aryl methyl sites for hydroxylation is 4. The fourth-order valence-electron chi connectivity index (χ4n) is 10.1. The van der Waals surface area contributed by atoms with Crippen LogP contribution < -0.4 is 4.90 Å². The van der Waals surface area contributed by atoms with Crippen LogP contribution in [-0.2, 0) is 5.41 Å². The van der Waals surface area contributed by atoms with Gasteiger partial charge in [-0.25, -0.2) is 9.97 Å². The summed E-state index contributed by atoms with van der Waals surface area (Å²) in [4.78, 5) is 16.9. The van der Waals surface area contributed by atoms with Crippen LogP contribution in [0.25, 0.3) is 72.2 Å². The molecule has 0 saturated carbocycles. The zero-order valence-electron chi connectivity index (χ0n) is 34.8. The number of aromatic amines is 1. The average Bonchev–Trinajstić information content (AvgIpc) is 3.82. The summed E-state index contributed by atoms with van der Waals surface area (Å²) in [7, 11) is 0. The summed E-state index contributed by atoms with van der Waals surface area (Å²) < 4.78 is 2.33. The lowest BCUT2D eigenvalue weighted by Crippen LogP contribution is -2.31. The molecule has 4 heterocycles. The van der Waals surface area contributed by atoms with Crippen molar-refractivity contribution in [3.05, 3.63) is 191 Å². The van der Waals surface area contributed by atoms with E-state index in [2.05, 4.69) is 208 Å². The van der Waals surface area contributed by atoms with Gasteiger partial charge in [-0.05, 0) is 133 Å². The van der Waals surface area contributed by atoms with Gasteiger partial charge in [0, 0.05) is 44.7 Å². The molecule has 0 radical (unpaired) electrons. The Labute approximate surface area is 350 Å². The highest BCUT2D eigenvalue weighted by molar-refractivity contribution is 6.12. The monoisotopic (exact) mass is 775 g/mol. The number of anilines is 3. The molecular weight excluding hydrogens is 731 g/mol. The number of aromatic nitrogens is 4. The maximum absolute atomic E-state index is 5.64. The number of hydrogen-bond acceptors (Lipinski definition) is 3. The van der Waals surface area contributed by atoms with Crippen molar-refractivity contribution in [1.82, 2.24) is 19.5 Å². The number of para-hydroxylation sites is 4. The SMILES string of the molecule is Cc1cc(C)c(-c2ccnc(N3c4ccccc4C(C)(C)c4ccc(-c5cc(C)cc6c5nc(-c5cccc7c5[nH]c5ccccc57)n6-c5ccccc5)cc43)c2)c(C)c1. The van der Waals surface area contributed by atoms with Gasteiger partial charge in [0.25, 0.3) is 0 Å². The van der Waals surface area contributed by atoms with E-state index < -0.39 is 0 Å². The van der Waals surface area contributed by atoms with E-state index in [0.717, 1.165) is 67.5 Å². The smallest absolute Gasteiger partial charge is 0.147 e. The van der Waals surface area contributed by atoms with Crippen molar-refractivity contribution in [3.63, 3.8) is 0 Å². The van der Waals surface area contributed by atoms with E-state index in [9.17, 15) is 0 Å². The molecule has 7 aromatic carbocycles. The van der Waals surface area contributed by atoms with Crippen LogP contribution in [0.4, 0.5) is 17.2 Å². The second-order valence-corrected chi connectivity index (χ2v) is 17.1. The predicted octanol–water partition coefficient (Wildman–Crippen LogP) is 14.4. The third-order valence-electron chi connectivity index (χ3n) is 12.7. The lowest BCUT2D eigenvalue weighted by Gasteiger charge is -2.41. The lowest BCUT2D eigenvalue weighted by atomic mass is 9.73. The highest BCUT2D eigenvalue weighted by Crippen LogP contribution is 2.53. The highest BCUT2D eigenvalue weighted by Gasteiger charge is 2.37. The van der Waals surface area contributed by atoms with Gasteiger partial charge >= 0.3 is 0 Å². The van der Waals surface area contributed by atoms with E-state index in [-0.39, 0.29) is 5.41 Å². The standard InChI is InChI=1S/C55H45N5/c1-33-27-35(3)51(36(4)28-33)38-25-26-56-50(32-38)60-47-22-13-11-20-44(47)55(5,6)45-24-23-37(31-48(45)60)43-29-34(2)30-49-53(43)58-54(59(49)39-15-8-7-9-16-39)42-19-14-18-41-40-17-10-12-21-46(40)57-52(41)42/h7-32,57H,1-6H3. The number of H-pyrrole nitrogens is 1. The second kappa shape index (κ2) is 13.4. The zero-order chi connectivity index (χ0) is 40.9. The minimum absolute atomic E-state index is 0.245. The average molecular weight is 776 g/mol. The number of nitrogens with one attached hydrogen (secondary N) is 1. The van der Waals surface area contributed by atoms with Crippen LogP contribution in [0.1, 0.15) is 47.2 Å². The Morgan fingerprint density at radius 3 is 2.12 bits per heavy atom. The minimum Gasteiger partial charge on any atom is -0.354 e. The molecule has 10 aromatic rings. The van der Waals surface area contributed by atoms with Crippen LogP contribution in [0.5, 0.6) is 0 Å². The Morgan fingerprint density at radius 2 is 1.28 bits per heavy atom. The van der Waals surface area contributed by atoms with E-state index in [1.807, 2.05) is 6.20 Å². The van der Waals surface area contributed by atoms with Crippen molar-refractivity contribution in [2.45, 2.75) is 47.0 Å². The molecule has 0 unspecified atom stereocenters. The van der Waals surface area contributed by atoms with Crippen LogP contribution in [0, 0.1) is 27.7 Å². The molecular formula is C55H45N5. The topological polar surface area (TPSA) is 49.7 Å². The largest absolute Gasteiger partial charge is 0.354 e. The van der Waals surface area contributed by atoms with Crippen LogP contribution in [-0.4, -0.2) is 19.5 Å². The Morgan fingerprint density at radius 1 is 0.567 bits per heavy atom. The van der Waals surface area contributed by atoms with Crippen molar-refractivity contribution in [3.8, 4) is 39.3 Å². The summed E-state index contributed by atoms with van der Waals surface area (Å²) in [6.45, 7) is 13.5. The van der Waals surface area contributed by atoms with Crippen LogP contribution in [0.15, 0.2) is 158 Å². The maximum Gasteiger partial charge on any atom is 0.147 e. The highest BCUT2D eigenvalue weighted by atomic mass is 15.2. The fourth-order valence-corrected chi connectivity index (χ4v) is 10.1. The number of pyridine rings is 1. The summed E-state index contributed by atoms with van der Waals surface area (Å²) in [6, 6.07) is 55.1. The van der Waals surface area contributed by atoms with Gasteiger partial charge in [0.2, 0.25) is 0 Å². The van der Waals surface area contributed by atoms with E-state index in [1.165, 1.54) is 55.3 Å². The Bertz CT molecular complexity index is 3320. The van der Waals surface area contributed by atoms with Gasteiger partial charge in [0.1, 0.15) is 11.6 Å². The molecule has 5 heteroatoms. The molecule has 290 valence electrons. The van der Waals surface area contributed by atoms with E-state index in [4.69, 9.17) is 9.97 Å². The summed E-state index contributed by atoms with van der Waals surface area (Å²) in [5.41, 5.74) is 20.5. The molecule has 0 amide bonds. The molecule has 1 aliphatic heterocycles. The van der Waals surface area contributed by atoms with E-state index in [0.29, 0.717) is 0 Å². The molecule has 3 aromatic heterocycles. The van der Waals surface area contributed by atoms with Gasteiger partial charge in [-0.3, -0.25) is 9.47 Å². The van der Waals surface area contributed by atoms with Gasteiger partial charge in [-0.15, -0.1) is 0 Å². The second-order valence-electron chi connectivity index (χ2n) is 17.1. The summed E-state index contributed by atoms with van der Waals surface area (Å²) in [5, 5.41) is 2.40. The number of rotatable bonds is 5. The molecule has 5 nitrogen and oxygen atoms in total. The van der Waals surface area contributed by atoms with Crippen LogP contribution >= 0.6 is 0 Å².